The SMILES string of the molecule is CC(=O)O.O=C1CC=Cc2ccc3ncccc3c2O1. The summed E-state index contributed by atoms with van der Waals surface area (Å²) in [6.07, 6.45) is 5.77. The van der Waals surface area contributed by atoms with Crippen molar-refractivity contribution in [1.29, 1.82) is 0 Å². The predicted octanol–water partition coefficient (Wildman–Crippen LogP) is 2.65. The zero-order valence-corrected chi connectivity index (χ0v) is 10.9. The van der Waals surface area contributed by atoms with E-state index in [0.717, 1.165) is 23.4 Å². The van der Waals surface area contributed by atoms with Gasteiger partial charge in [0.25, 0.3) is 5.97 Å². The molecule has 0 unspecified atom stereocenters. The Balaban J connectivity index is 0.000000328. The lowest BCUT2D eigenvalue weighted by atomic mass is 10.1. The molecule has 20 heavy (non-hydrogen) atoms. The van der Waals surface area contributed by atoms with Crippen LogP contribution in [0.2, 0.25) is 0 Å². The van der Waals surface area contributed by atoms with Gasteiger partial charge in [-0.3, -0.25) is 14.6 Å². The zero-order chi connectivity index (χ0) is 14.5. The van der Waals surface area contributed by atoms with E-state index in [0.29, 0.717) is 12.2 Å². The van der Waals surface area contributed by atoms with Gasteiger partial charge in [0.05, 0.1) is 11.9 Å². The molecule has 102 valence electrons. The highest BCUT2D eigenvalue weighted by Crippen LogP contribution is 2.31. The molecule has 3 rings (SSSR count). The molecule has 0 amide bonds. The highest BCUT2D eigenvalue weighted by atomic mass is 16.5. The van der Waals surface area contributed by atoms with Crippen molar-refractivity contribution in [2.45, 2.75) is 13.3 Å². The van der Waals surface area contributed by atoms with Gasteiger partial charge in [-0.05, 0) is 24.3 Å². The van der Waals surface area contributed by atoms with Gasteiger partial charge in [0.1, 0.15) is 5.75 Å². The Labute approximate surface area is 115 Å². The lowest BCUT2D eigenvalue weighted by molar-refractivity contribution is -0.135. The minimum Gasteiger partial charge on any atom is -0.481 e. The monoisotopic (exact) mass is 271 g/mol. The van der Waals surface area contributed by atoms with Crippen LogP contribution >= 0.6 is 0 Å². The van der Waals surface area contributed by atoms with Gasteiger partial charge in [-0.15, -0.1) is 0 Å². The van der Waals surface area contributed by atoms with E-state index in [4.69, 9.17) is 14.6 Å². The van der Waals surface area contributed by atoms with E-state index in [1.807, 2.05) is 36.4 Å². The summed E-state index contributed by atoms with van der Waals surface area (Å²) in [5.41, 5.74) is 1.76. The number of nitrogens with zero attached hydrogens (tertiary/aromatic N) is 1. The molecule has 0 bridgehead atoms. The maximum Gasteiger partial charge on any atom is 0.315 e. The van der Waals surface area contributed by atoms with Crippen molar-refractivity contribution in [3.05, 3.63) is 42.1 Å². The molecule has 1 aromatic carbocycles. The number of pyridine rings is 1. The van der Waals surface area contributed by atoms with Crippen LogP contribution in [0.4, 0.5) is 0 Å². The lowest BCUT2D eigenvalue weighted by Gasteiger charge is -2.07. The molecule has 0 radical (unpaired) electrons. The Morgan fingerprint density at radius 2 is 2.10 bits per heavy atom. The van der Waals surface area contributed by atoms with Crippen LogP contribution in [0.5, 0.6) is 5.75 Å². The number of hydrogen-bond donors (Lipinski definition) is 1. The fourth-order valence-corrected chi connectivity index (χ4v) is 1.83. The van der Waals surface area contributed by atoms with E-state index in [1.54, 1.807) is 6.20 Å². The number of aliphatic carboxylic acids is 1. The number of benzene rings is 1. The number of aromatic nitrogens is 1. The number of rotatable bonds is 0. The summed E-state index contributed by atoms with van der Waals surface area (Å²) >= 11 is 0. The highest BCUT2D eigenvalue weighted by Gasteiger charge is 2.14. The fourth-order valence-electron chi connectivity index (χ4n) is 1.83. The van der Waals surface area contributed by atoms with Crippen LogP contribution in [0, 0.1) is 0 Å². The van der Waals surface area contributed by atoms with Gasteiger partial charge < -0.3 is 9.84 Å². The van der Waals surface area contributed by atoms with Crippen LogP contribution in [0.3, 0.4) is 0 Å². The molecule has 0 fully saturated rings. The minimum absolute atomic E-state index is 0.230. The van der Waals surface area contributed by atoms with Gasteiger partial charge >= 0.3 is 5.97 Å². The third kappa shape index (κ3) is 3.20. The average molecular weight is 271 g/mol. The van der Waals surface area contributed by atoms with Crippen molar-refractivity contribution in [3.8, 4) is 5.75 Å². The molecule has 1 N–H and O–H groups in total. The number of ether oxygens (including phenoxy) is 1. The number of carboxylic acids is 1. The van der Waals surface area contributed by atoms with Crippen molar-refractivity contribution in [2.75, 3.05) is 0 Å². The predicted molar refractivity (Wildman–Crippen MR) is 74.3 cm³/mol. The maximum atomic E-state index is 11.4. The molecular formula is C15H13NO4. The molecule has 5 nitrogen and oxygen atoms in total. The first-order chi connectivity index (χ1) is 9.58. The summed E-state index contributed by atoms with van der Waals surface area (Å²) in [6.45, 7) is 1.08. The molecule has 1 aliphatic heterocycles. The topological polar surface area (TPSA) is 76.5 Å². The molecule has 2 heterocycles. The summed E-state index contributed by atoms with van der Waals surface area (Å²) in [6, 6.07) is 7.59. The van der Waals surface area contributed by atoms with Crippen LogP contribution in [0.15, 0.2) is 36.5 Å². The summed E-state index contributed by atoms with van der Waals surface area (Å²) in [5, 5.41) is 8.29. The van der Waals surface area contributed by atoms with Crippen LogP contribution in [-0.4, -0.2) is 22.0 Å². The molecule has 0 aliphatic carbocycles. The number of fused-ring (bicyclic) bond motifs is 3. The van der Waals surface area contributed by atoms with Crippen LogP contribution in [-0.2, 0) is 9.59 Å². The third-order valence-corrected chi connectivity index (χ3v) is 2.56. The van der Waals surface area contributed by atoms with E-state index in [-0.39, 0.29) is 5.97 Å². The van der Waals surface area contributed by atoms with Crippen LogP contribution < -0.4 is 4.74 Å². The first-order valence-corrected chi connectivity index (χ1v) is 6.02. The minimum atomic E-state index is -0.833. The Bertz CT molecular complexity index is 687. The Morgan fingerprint density at radius 3 is 2.85 bits per heavy atom. The van der Waals surface area contributed by atoms with Gasteiger partial charge in [0.15, 0.2) is 0 Å². The fraction of sp³-hybridized carbons (Fsp3) is 0.133. The van der Waals surface area contributed by atoms with Gasteiger partial charge in [-0.25, -0.2) is 0 Å². The van der Waals surface area contributed by atoms with Crippen LogP contribution in [0.1, 0.15) is 18.9 Å². The quantitative estimate of drug-likeness (QED) is 0.588. The normalized spacial score (nSPS) is 12.8. The number of carbonyl (C=O) groups excluding carboxylic acids is 1. The smallest absolute Gasteiger partial charge is 0.315 e. The van der Waals surface area contributed by atoms with Gasteiger partial charge in [-0.1, -0.05) is 12.2 Å². The molecule has 0 saturated carbocycles. The second-order valence-electron chi connectivity index (χ2n) is 4.15. The second kappa shape index (κ2) is 5.97. The first kappa shape index (κ1) is 13.7. The number of carbonyl (C=O) groups is 2. The van der Waals surface area contributed by atoms with E-state index in [1.165, 1.54) is 0 Å². The molecule has 0 spiro atoms. The van der Waals surface area contributed by atoms with Crippen molar-refractivity contribution in [2.24, 2.45) is 0 Å². The summed E-state index contributed by atoms with van der Waals surface area (Å²) in [7, 11) is 0. The maximum absolute atomic E-state index is 11.4. The number of carboxylic acid groups (broad SMARTS) is 1. The molecule has 1 aromatic heterocycles. The standard InChI is InChI=1S/C13H9NO2.C2H4O2/c15-12-5-1-3-9-6-7-11-10(13(9)16-12)4-2-8-14-11;1-2(3)4/h1-4,6-8H,5H2;1H3,(H,3,4). The Morgan fingerprint density at radius 1 is 1.35 bits per heavy atom. The second-order valence-corrected chi connectivity index (χ2v) is 4.15. The van der Waals surface area contributed by atoms with Gasteiger partial charge in [-0.2, -0.15) is 0 Å². The Kier molecular flexibility index (Phi) is 4.10. The van der Waals surface area contributed by atoms with E-state index >= 15 is 0 Å². The summed E-state index contributed by atoms with van der Waals surface area (Å²) in [4.78, 5) is 24.6. The summed E-state index contributed by atoms with van der Waals surface area (Å²) in [5.74, 6) is -0.448. The molecular weight excluding hydrogens is 258 g/mol. The van der Waals surface area contributed by atoms with Crippen molar-refractivity contribution >= 4 is 28.9 Å². The molecule has 0 atom stereocenters. The molecule has 5 heteroatoms. The van der Waals surface area contributed by atoms with E-state index in [2.05, 4.69) is 4.98 Å². The van der Waals surface area contributed by atoms with Crippen molar-refractivity contribution in [1.82, 2.24) is 4.98 Å². The number of hydrogen-bond acceptors (Lipinski definition) is 4. The Hall–Kier alpha value is -2.69. The summed E-state index contributed by atoms with van der Waals surface area (Å²) < 4.78 is 5.33. The van der Waals surface area contributed by atoms with Crippen LogP contribution in [0.25, 0.3) is 17.0 Å². The highest BCUT2D eigenvalue weighted by molar-refractivity contribution is 5.93. The lowest BCUT2D eigenvalue weighted by Crippen LogP contribution is -2.05. The largest absolute Gasteiger partial charge is 0.481 e. The average Bonchev–Trinajstić information content (AvgIpc) is 2.59. The third-order valence-electron chi connectivity index (χ3n) is 2.56. The van der Waals surface area contributed by atoms with Crippen molar-refractivity contribution in [3.63, 3.8) is 0 Å². The molecule has 1 aliphatic rings. The zero-order valence-electron chi connectivity index (χ0n) is 10.9. The van der Waals surface area contributed by atoms with E-state index < -0.39 is 5.97 Å². The van der Waals surface area contributed by atoms with E-state index in [9.17, 15) is 4.79 Å². The van der Waals surface area contributed by atoms with Crippen molar-refractivity contribution < 1.29 is 19.4 Å². The van der Waals surface area contributed by atoms with Gasteiger partial charge in [0.2, 0.25) is 0 Å². The van der Waals surface area contributed by atoms with Gasteiger partial charge in [0, 0.05) is 24.1 Å². The molecule has 0 saturated heterocycles. The number of esters is 1. The first-order valence-electron chi connectivity index (χ1n) is 6.02. The molecule has 2 aromatic rings.